The number of carbonyl (C=O) groups excluding carboxylic acids is 1. The van der Waals surface area contributed by atoms with E-state index in [2.05, 4.69) is 15.5 Å². The first-order valence-corrected chi connectivity index (χ1v) is 12.3. The van der Waals surface area contributed by atoms with Crippen molar-refractivity contribution in [3.8, 4) is 5.75 Å². The van der Waals surface area contributed by atoms with E-state index in [0.717, 1.165) is 44.6 Å². The average Bonchev–Trinajstić information content (AvgIpc) is 2.83. The number of hydrogen-bond donors (Lipinski definition) is 2. The van der Waals surface area contributed by atoms with Crippen LogP contribution in [-0.2, 0) is 14.2 Å². The van der Waals surface area contributed by atoms with Crippen molar-refractivity contribution in [1.82, 2.24) is 0 Å². The topological polar surface area (TPSA) is 108 Å². The maximum Gasteiger partial charge on any atom is 0.221 e. The van der Waals surface area contributed by atoms with Crippen LogP contribution in [0.4, 0.5) is 22.7 Å². The predicted molar refractivity (Wildman–Crippen MR) is 147 cm³/mol. The number of nitrogens with two attached hydrogens (primary N) is 1. The molecule has 0 heterocycles. The van der Waals surface area contributed by atoms with Gasteiger partial charge < -0.3 is 15.9 Å². The molecule has 0 radical (unpaired) electrons. The molecule has 4 aromatic carbocycles. The zero-order valence-electron chi connectivity index (χ0n) is 21.3. The molecule has 8 nitrogen and oxygen atoms in total. The maximum atomic E-state index is 11.7. The van der Waals surface area contributed by atoms with Crippen LogP contribution in [0, 0.1) is 27.7 Å². The number of carbonyl (C=O) groups is 1. The summed E-state index contributed by atoms with van der Waals surface area (Å²) in [5, 5.41) is 18.4. The van der Waals surface area contributed by atoms with Gasteiger partial charge in [0.15, 0.2) is 5.75 Å². The molecule has 37 heavy (non-hydrogen) atoms. The Morgan fingerprint density at radius 3 is 2.24 bits per heavy atom. The summed E-state index contributed by atoms with van der Waals surface area (Å²) in [5.74, 6) is 0.205. The molecule has 4 rings (SSSR count). The average molecular weight is 517 g/mol. The van der Waals surface area contributed by atoms with E-state index >= 15 is 0 Å². The fourth-order valence-corrected chi connectivity index (χ4v) is 4.16. The van der Waals surface area contributed by atoms with Crippen molar-refractivity contribution in [3.63, 3.8) is 0 Å². The molecule has 3 N–H and O–H groups in total. The molecule has 9 heteroatoms. The number of nitrogen functional groups attached to an aromatic ring is 1. The van der Waals surface area contributed by atoms with Crippen molar-refractivity contribution in [3.05, 3.63) is 82.9 Å². The van der Waals surface area contributed by atoms with Gasteiger partial charge in [-0.1, -0.05) is 29.8 Å². The van der Waals surface area contributed by atoms with Crippen LogP contribution in [0.3, 0.4) is 0 Å². The van der Waals surface area contributed by atoms with Crippen molar-refractivity contribution >= 4 is 51.5 Å². The van der Waals surface area contributed by atoms with Crippen molar-refractivity contribution in [2.75, 3.05) is 11.1 Å². The number of fused-ring (bicyclic) bond motifs is 1. The van der Waals surface area contributed by atoms with Gasteiger partial charge in [0.1, 0.15) is 5.69 Å². The molecule has 190 valence electrons. The summed E-state index contributed by atoms with van der Waals surface area (Å²) in [5.41, 5.74) is 12.1. The zero-order chi connectivity index (χ0) is 26.5. The van der Waals surface area contributed by atoms with Gasteiger partial charge in [-0.2, -0.15) is 0 Å². The Hall–Kier alpha value is -3.92. The Morgan fingerprint density at radius 2 is 1.54 bits per heavy atom. The van der Waals surface area contributed by atoms with Crippen LogP contribution in [0.2, 0.25) is 0 Å². The summed E-state index contributed by atoms with van der Waals surface area (Å²) >= 11 is 1.05. The van der Waals surface area contributed by atoms with Crippen molar-refractivity contribution in [2.24, 2.45) is 10.2 Å². The van der Waals surface area contributed by atoms with Crippen molar-refractivity contribution in [1.29, 1.82) is 0 Å². The van der Waals surface area contributed by atoms with E-state index in [9.17, 15) is 4.79 Å². The normalized spacial score (nSPS) is 11.3. The first kappa shape index (κ1) is 26.2. The number of nitrogens with zero attached hydrogens (tertiary/aromatic N) is 2. The molecule has 0 spiro atoms. The van der Waals surface area contributed by atoms with E-state index in [1.54, 1.807) is 12.1 Å². The summed E-state index contributed by atoms with van der Waals surface area (Å²) in [6, 6.07) is 19.1. The second kappa shape index (κ2) is 11.4. The van der Waals surface area contributed by atoms with Gasteiger partial charge in [-0.25, -0.2) is 0 Å². The van der Waals surface area contributed by atoms with Crippen LogP contribution in [0.25, 0.3) is 10.8 Å². The molecule has 0 aliphatic heterocycles. The Balaban J connectivity index is 1.65. The molecule has 4 aromatic rings. The largest absolute Gasteiger partial charge is 0.398 e. The summed E-state index contributed by atoms with van der Waals surface area (Å²) < 4.78 is 5.21. The van der Waals surface area contributed by atoms with Gasteiger partial charge in [-0.15, -0.1) is 14.6 Å². The highest BCUT2D eigenvalue weighted by molar-refractivity contribution is 7.94. The van der Waals surface area contributed by atoms with Crippen LogP contribution in [0.15, 0.2) is 75.8 Å². The monoisotopic (exact) mass is 516 g/mol. The van der Waals surface area contributed by atoms with Gasteiger partial charge in [0.05, 0.1) is 28.8 Å². The third-order valence-electron chi connectivity index (χ3n) is 5.54. The maximum absolute atomic E-state index is 11.7. The number of nitrogens with one attached hydrogen (secondary N) is 1. The SMILES string of the molecule is CC(=O)Nc1cc(N)c(C)cc1N=Nc1cc(C)cc2cc(C)cc(OOOSc3ccc(C)cc3)c12. The molecular formula is C28H28N4O4S. The van der Waals surface area contributed by atoms with Crippen molar-refractivity contribution in [2.45, 2.75) is 39.5 Å². The lowest BCUT2D eigenvalue weighted by atomic mass is 10.0. The number of rotatable bonds is 8. The highest BCUT2D eigenvalue weighted by Crippen LogP contribution is 2.39. The lowest BCUT2D eigenvalue weighted by Gasteiger charge is -2.12. The van der Waals surface area contributed by atoms with Crippen molar-refractivity contribution < 1.29 is 19.1 Å². The summed E-state index contributed by atoms with van der Waals surface area (Å²) in [6.07, 6.45) is 0. The zero-order valence-corrected chi connectivity index (χ0v) is 22.1. The Morgan fingerprint density at radius 1 is 0.865 bits per heavy atom. The Labute approximate surface area is 219 Å². The number of amides is 1. The first-order valence-electron chi connectivity index (χ1n) is 11.6. The summed E-state index contributed by atoms with van der Waals surface area (Å²) in [7, 11) is 0. The van der Waals surface area contributed by atoms with E-state index in [0.29, 0.717) is 33.9 Å². The lowest BCUT2D eigenvalue weighted by molar-refractivity contribution is -0.403. The second-order valence-corrected chi connectivity index (χ2v) is 9.64. The minimum atomic E-state index is -0.229. The predicted octanol–water partition coefficient (Wildman–Crippen LogP) is 7.98. The van der Waals surface area contributed by atoms with E-state index in [-0.39, 0.29) is 5.91 Å². The van der Waals surface area contributed by atoms with Crippen LogP contribution in [-0.4, -0.2) is 5.91 Å². The molecule has 0 aliphatic rings. The van der Waals surface area contributed by atoms with E-state index in [1.165, 1.54) is 6.92 Å². The fourth-order valence-electron chi connectivity index (χ4n) is 3.77. The third-order valence-corrected chi connectivity index (χ3v) is 6.13. The summed E-state index contributed by atoms with van der Waals surface area (Å²) in [4.78, 5) is 18.1. The molecule has 0 fully saturated rings. The molecular weight excluding hydrogens is 488 g/mol. The number of hydrogen-bond acceptors (Lipinski definition) is 8. The number of aryl methyl sites for hydroxylation is 4. The molecule has 0 saturated heterocycles. The lowest BCUT2D eigenvalue weighted by Crippen LogP contribution is -2.06. The van der Waals surface area contributed by atoms with E-state index in [1.807, 2.05) is 76.2 Å². The highest BCUT2D eigenvalue weighted by Gasteiger charge is 2.13. The quantitative estimate of drug-likeness (QED) is 0.0614. The number of anilines is 2. The van der Waals surface area contributed by atoms with Gasteiger partial charge in [-0.3, -0.25) is 4.79 Å². The highest BCUT2D eigenvalue weighted by atomic mass is 32.2. The van der Waals surface area contributed by atoms with Gasteiger partial charge in [0.25, 0.3) is 0 Å². The number of benzene rings is 4. The van der Waals surface area contributed by atoms with Crippen LogP contribution >= 0.6 is 12.0 Å². The first-order chi connectivity index (χ1) is 17.7. The van der Waals surface area contributed by atoms with E-state index in [4.69, 9.17) is 20.0 Å². The van der Waals surface area contributed by atoms with Gasteiger partial charge in [-0.05, 0) is 91.2 Å². The van der Waals surface area contributed by atoms with Gasteiger partial charge >= 0.3 is 0 Å². The fraction of sp³-hybridized carbons (Fsp3) is 0.179. The molecule has 0 aromatic heterocycles. The van der Waals surface area contributed by atoms with Crippen LogP contribution < -0.4 is 15.9 Å². The summed E-state index contributed by atoms with van der Waals surface area (Å²) in [6.45, 7) is 9.26. The standard InChI is InChI=1S/C28H28N4O4S/c1-16-6-8-22(9-7-16)37-36-35-34-27-13-18(3)11-21-10-17(2)12-26(28(21)27)32-31-25-14-19(4)23(29)15-24(25)30-20(5)33/h6-15H,29H2,1-5H3,(H,30,33). The minimum absolute atomic E-state index is 0.229. The molecule has 0 bridgehead atoms. The molecule has 0 unspecified atom stereocenters. The Bertz CT molecular complexity index is 1480. The van der Waals surface area contributed by atoms with Gasteiger partial charge in [0.2, 0.25) is 5.91 Å². The third kappa shape index (κ3) is 6.65. The molecule has 0 saturated carbocycles. The minimum Gasteiger partial charge on any atom is -0.398 e. The smallest absolute Gasteiger partial charge is 0.221 e. The van der Waals surface area contributed by atoms with Gasteiger partial charge in [0, 0.05) is 17.5 Å². The molecule has 0 aliphatic carbocycles. The number of azo groups is 1. The van der Waals surface area contributed by atoms with E-state index < -0.39 is 0 Å². The molecule has 0 atom stereocenters. The molecule has 1 amide bonds. The second-order valence-electron chi connectivity index (χ2n) is 8.87. The Kier molecular flexibility index (Phi) is 8.08. The van der Waals surface area contributed by atoms with Crippen LogP contribution in [0.5, 0.6) is 5.75 Å². The van der Waals surface area contributed by atoms with Crippen LogP contribution in [0.1, 0.15) is 29.2 Å².